The van der Waals surface area contributed by atoms with E-state index in [-0.39, 0.29) is 0 Å². The molecular weight excluding hydrogens is 186 g/mol. The molecule has 1 radical (unpaired) electrons. The SMILES string of the molecule is [c]1ccnc(-n2ncc3ccccc32)c1. The smallest absolute Gasteiger partial charge is 0.154 e. The Balaban J connectivity index is 2.28. The lowest BCUT2D eigenvalue weighted by Crippen LogP contribution is -1.97. The van der Waals surface area contributed by atoms with E-state index in [1.54, 1.807) is 12.3 Å². The quantitative estimate of drug-likeness (QED) is 0.594. The number of rotatable bonds is 1. The van der Waals surface area contributed by atoms with E-state index in [1.165, 1.54) is 0 Å². The molecule has 0 N–H and O–H groups in total. The largest absolute Gasteiger partial charge is 0.237 e. The van der Waals surface area contributed by atoms with Crippen LogP contribution >= 0.6 is 0 Å². The first kappa shape index (κ1) is 8.17. The Morgan fingerprint density at radius 3 is 3.00 bits per heavy atom. The Bertz CT molecular complexity index is 584. The molecule has 0 aliphatic carbocycles. The van der Waals surface area contributed by atoms with Gasteiger partial charge in [-0.3, -0.25) is 0 Å². The summed E-state index contributed by atoms with van der Waals surface area (Å²) in [6.07, 6.45) is 3.55. The fourth-order valence-electron chi connectivity index (χ4n) is 1.59. The van der Waals surface area contributed by atoms with Crippen LogP contribution in [0.5, 0.6) is 0 Å². The van der Waals surface area contributed by atoms with Crippen LogP contribution in [0.4, 0.5) is 0 Å². The van der Waals surface area contributed by atoms with Gasteiger partial charge in [0, 0.05) is 11.6 Å². The first-order valence-corrected chi connectivity index (χ1v) is 4.70. The molecule has 0 fully saturated rings. The van der Waals surface area contributed by atoms with Gasteiger partial charge in [0.2, 0.25) is 0 Å². The van der Waals surface area contributed by atoms with Gasteiger partial charge in [-0.2, -0.15) is 5.10 Å². The van der Waals surface area contributed by atoms with Crippen LogP contribution in [0.15, 0.2) is 48.8 Å². The van der Waals surface area contributed by atoms with Gasteiger partial charge in [0.1, 0.15) is 0 Å². The molecule has 2 aromatic heterocycles. The second-order valence-electron chi connectivity index (χ2n) is 3.23. The third kappa shape index (κ3) is 1.29. The average molecular weight is 194 g/mol. The summed E-state index contributed by atoms with van der Waals surface area (Å²) in [5.74, 6) is 0.790. The van der Waals surface area contributed by atoms with Crippen LogP contribution in [0.1, 0.15) is 0 Å². The summed E-state index contributed by atoms with van der Waals surface area (Å²) in [6.45, 7) is 0. The van der Waals surface area contributed by atoms with Crippen molar-refractivity contribution < 1.29 is 0 Å². The summed E-state index contributed by atoms with van der Waals surface area (Å²) >= 11 is 0. The molecule has 0 amide bonds. The Morgan fingerprint density at radius 2 is 2.13 bits per heavy atom. The predicted octanol–water partition coefficient (Wildman–Crippen LogP) is 2.22. The van der Waals surface area contributed by atoms with Gasteiger partial charge >= 0.3 is 0 Å². The predicted molar refractivity (Wildman–Crippen MR) is 57.7 cm³/mol. The molecule has 0 aliphatic rings. The van der Waals surface area contributed by atoms with Crippen LogP contribution in [0, 0.1) is 6.07 Å². The fraction of sp³-hybridized carbons (Fsp3) is 0. The topological polar surface area (TPSA) is 30.7 Å². The Kier molecular flexibility index (Phi) is 1.75. The number of para-hydroxylation sites is 1. The molecule has 0 bridgehead atoms. The highest BCUT2D eigenvalue weighted by Crippen LogP contribution is 2.15. The average Bonchev–Trinajstić information content (AvgIpc) is 2.74. The van der Waals surface area contributed by atoms with Crippen LogP contribution < -0.4 is 0 Å². The molecule has 0 aliphatic heterocycles. The molecule has 15 heavy (non-hydrogen) atoms. The number of fused-ring (bicyclic) bond motifs is 1. The van der Waals surface area contributed by atoms with Crippen molar-refractivity contribution in [3.05, 3.63) is 54.9 Å². The zero-order valence-electron chi connectivity index (χ0n) is 7.96. The third-order valence-electron chi connectivity index (χ3n) is 2.28. The third-order valence-corrected chi connectivity index (χ3v) is 2.28. The van der Waals surface area contributed by atoms with Gasteiger partial charge in [-0.15, -0.1) is 0 Å². The van der Waals surface area contributed by atoms with E-state index in [0.717, 1.165) is 16.7 Å². The first-order chi connectivity index (χ1) is 7.45. The highest BCUT2D eigenvalue weighted by molar-refractivity contribution is 5.79. The van der Waals surface area contributed by atoms with Gasteiger partial charge in [-0.1, -0.05) is 18.2 Å². The molecule has 0 spiro atoms. The second-order valence-corrected chi connectivity index (χ2v) is 3.23. The normalized spacial score (nSPS) is 10.7. The molecule has 1 aromatic carbocycles. The minimum absolute atomic E-state index is 0.790. The number of pyridine rings is 1. The molecule has 3 aromatic rings. The summed E-state index contributed by atoms with van der Waals surface area (Å²) in [6, 6.07) is 14.6. The molecule has 3 rings (SSSR count). The molecule has 0 unspecified atom stereocenters. The van der Waals surface area contributed by atoms with Gasteiger partial charge in [-0.05, 0) is 24.3 Å². The Hall–Kier alpha value is -2.16. The molecule has 2 heterocycles. The maximum atomic E-state index is 4.30. The maximum Gasteiger partial charge on any atom is 0.154 e. The summed E-state index contributed by atoms with van der Waals surface area (Å²) < 4.78 is 1.81. The first-order valence-electron chi connectivity index (χ1n) is 4.70. The fourth-order valence-corrected chi connectivity index (χ4v) is 1.59. The van der Waals surface area contributed by atoms with Gasteiger partial charge in [0.15, 0.2) is 5.82 Å². The van der Waals surface area contributed by atoms with Crippen LogP contribution in [0.3, 0.4) is 0 Å². The lowest BCUT2D eigenvalue weighted by molar-refractivity contribution is 0.874. The zero-order chi connectivity index (χ0) is 10.1. The minimum Gasteiger partial charge on any atom is -0.237 e. The van der Waals surface area contributed by atoms with E-state index in [4.69, 9.17) is 0 Å². The number of benzene rings is 1. The van der Waals surface area contributed by atoms with E-state index < -0.39 is 0 Å². The lowest BCUT2D eigenvalue weighted by atomic mass is 10.2. The van der Waals surface area contributed by atoms with Crippen LogP contribution in [0.2, 0.25) is 0 Å². The standard InChI is InChI=1S/C12H8N3/c1-2-6-11-10(5-1)9-14-15(11)12-7-3-4-8-13-12/h1-2,4-9H. The van der Waals surface area contributed by atoms with Crippen molar-refractivity contribution in [2.45, 2.75) is 0 Å². The Labute approximate surface area is 87.0 Å². The van der Waals surface area contributed by atoms with Crippen molar-refractivity contribution in [3.63, 3.8) is 0 Å². The molecule has 0 atom stereocenters. The molecule has 3 nitrogen and oxygen atoms in total. The van der Waals surface area contributed by atoms with Crippen molar-refractivity contribution in [1.29, 1.82) is 0 Å². The van der Waals surface area contributed by atoms with Gasteiger partial charge in [0.05, 0.1) is 11.7 Å². The van der Waals surface area contributed by atoms with E-state index in [2.05, 4.69) is 16.1 Å². The van der Waals surface area contributed by atoms with Crippen molar-refractivity contribution >= 4 is 10.9 Å². The van der Waals surface area contributed by atoms with Gasteiger partial charge in [-0.25, -0.2) is 9.67 Å². The van der Waals surface area contributed by atoms with Crippen molar-refractivity contribution in [1.82, 2.24) is 14.8 Å². The number of hydrogen-bond acceptors (Lipinski definition) is 2. The van der Waals surface area contributed by atoms with Crippen LogP contribution in [-0.4, -0.2) is 14.8 Å². The summed E-state index contributed by atoms with van der Waals surface area (Å²) in [7, 11) is 0. The zero-order valence-corrected chi connectivity index (χ0v) is 7.96. The van der Waals surface area contributed by atoms with Crippen molar-refractivity contribution in [2.24, 2.45) is 0 Å². The number of hydrogen-bond donors (Lipinski definition) is 0. The second kappa shape index (κ2) is 3.20. The van der Waals surface area contributed by atoms with E-state index in [1.807, 2.05) is 41.2 Å². The highest BCUT2D eigenvalue weighted by atomic mass is 15.3. The Morgan fingerprint density at radius 1 is 1.20 bits per heavy atom. The van der Waals surface area contributed by atoms with E-state index in [0.29, 0.717) is 0 Å². The summed E-state index contributed by atoms with van der Waals surface area (Å²) in [5, 5.41) is 5.41. The number of nitrogens with zero attached hydrogens (tertiary/aromatic N) is 3. The number of aromatic nitrogens is 3. The van der Waals surface area contributed by atoms with Gasteiger partial charge < -0.3 is 0 Å². The molecule has 0 saturated carbocycles. The lowest BCUT2D eigenvalue weighted by Gasteiger charge is -2.00. The van der Waals surface area contributed by atoms with E-state index in [9.17, 15) is 0 Å². The maximum absolute atomic E-state index is 4.30. The summed E-state index contributed by atoms with van der Waals surface area (Å²) in [4.78, 5) is 4.24. The van der Waals surface area contributed by atoms with E-state index >= 15 is 0 Å². The van der Waals surface area contributed by atoms with Crippen LogP contribution in [0.25, 0.3) is 16.7 Å². The molecule has 0 saturated heterocycles. The molecule has 71 valence electrons. The van der Waals surface area contributed by atoms with Crippen LogP contribution in [-0.2, 0) is 0 Å². The molecular formula is C12H8N3. The minimum atomic E-state index is 0.790. The van der Waals surface area contributed by atoms with Gasteiger partial charge in [0.25, 0.3) is 0 Å². The van der Waals surface area contributed by atoms with Crippen molar-refractivity contribution in [3.8, 4) is 5.82 Å². The highest BCUT2D eigenvalue weighted by Gasteiger charge is 2.03. The van der Waals surface area contributed by atoms with Crippen molar-refractivity contribution in [2.75, 3.05) is 0 Å². The summed E-state index contributed by atoms with van der Waals surface area (Å²) in [5.41, 5.74) is 1.06. The molecule has 3 heteroatoms. The monoisotopic (exact) mass is 194 g/mol.